The molecule has 1 aromatic heterocycles. The van der Waals surface area contributed by atoms with E-state index in [1.807, 2.05) is 11.4 Å². The molecule has 7 heteroatoms. The van der Waals surface area contributed by atoms with Crippen molar-refractivity contribution in [1.82, 2.24) is 5.32 Å². The standard InChI is InChI=1S/C24H26FN3O2S/c1-24(2,3)22(16-6-8-17(25)9-7-16)26-15-21(29)27-18-10-12-19(13-11-18)28-23(30)20-5-4-14-31-20/h4-14,22,26H,15H2,1-3H3,(H,27,29)(H,28,30). The normalized spacial score (nSPS) is 12.3. The van der Waals surface area contributed by atoms with Crippen molar-refractivity contribution < 1.29 is 14.0 Å². The van der Waals surface area contributed by atoms with Crippen LogP contribution in [0, 0.1) is 11.2 Å². The number of carbonyl (C=O) groups excluding carboxylic acids is 2. The lowest BCUT2D eigenvalue weighted by Crippen LogP contribution is -2.37. The summed E-state index contributed by atoms with van der Waals surface area (Å²) in [5.74, 6) is -0.638. The van der Waals surface area contributed by atoms with Gasteiger partial charge in [-0.2, -0.15) is 0 Å². The van der Waals surface area contributed by atoms with Gasteiger partial charge in [0, 0.05) is 17.4 Å². The van der Waals surface area contributed by atoms with E-state index in [1.54, 1.807) is 42.5 Å². The van der Waals surface area contributed by atoms with Gasteiger partial charge < -0.3 is 16.0 Å². The number of hydrogen-bond acceptors (Lipinski definition) is 4. The second kappa shape index (κ2) is 9.85. The van der Waals surface area contributed by atoms with Gasteiger partial charge in [-0.3, -0.25) is 9.59 Å². The second-order valence-corrected chi connectivity index (χ2v) is 9.24. The predicted octanol–water partition coefficient (Wildman–Crippen LogP) is 5.46. The SMILES string of the molecule is CC(C)(C)C(NCC(=O)Nc1ccc(NC(=O)c2cccs2)cc1)c1ccc(F)cc1. The molecule has 0 saturated heterocycles. The number of amides is 2. The maximum atomic E-state index is 13.3. The van der Waals surface area contributed by atoms with Gasteiger partial charge in [-0.05, 0) is 58.8 Å². The zero-order chi connectivity index (χ0) is 22.4. The van der Waals surface area contributed by atoms with Crippen LogP contribution in [-0.2, 0) is 4.79 Å². The molecule has 0 radical (unpaired) electrons. The quantitative estimate of drug-likeness (QED) is 0.458. The molecule has 3 rings (SSSR count). The maximum absolute atomic E-state index is 13.3. The monoisotopic (exact) mass is 439 g/mol. The van der Waals surface area contributed by atoms with Crippen molar-refractivity contribution in [2.24, 2.45) is 5.41 Å². The summed E-state index contributed by atoms with van der Waals surface area (Å²) in [6.45, 7) is 6.30. The molecule has 0 spiro atoms. The third-order valence-electron chi connectivity index (χ3n) is 4.71. The summed E-state index contributed by atoms with van der Waals surface area (Å²) in [5, 5.41) is 10.8. The molecule has 2 amide bonds. The van der Waals surface area contributed by atoms with Gasteiger partial charge in [0.25, 0.3) is 5.91 Å². The minimum absolute atomic E-state index is 0.107. The minimum atomic E-state index is -0.288. The maximum Gasteiger partial charge on any atom is 0.265 e. The van der Waals surface area contributed by atoms with Crippen molar-refractivity contribution in [2.75, 3.05) is 17.2 Å². The minimum Gasteiger partial charge on any atom is -0.325 e. The third kappa shape index (κ3) is 6.47. The van der Waals surface area contributed by atoms with Gasteiger partial charge >= 0.3 is 0 Å². The molecule has 162 valence electrons. The van der Waals surface area contributed by atoms with Crippen LogP contribution in [0.3, 0.4) is 0 Å². The van der Waals surface area contributed by atoms with Gasteiger partial charge in [0.05, 0.1) is 11.4 Å². The van der Waals surface area contributed by atoms with E-state index in [2.05, 4.69) is 36.7 Å². The van der Waals surface area contributed by atoms with Crippen LogP contribution in [-0.4, -0.2) is 18.4 Å². The van der Waals surface area contributed by atoms with Crippen molar-refractivity contribution in [3.63, 3.8) is 0 Å². The van der Waals surface area contributed by atoms with Crippen LogP contribution in [0.2, 0.25) is 0 Å². The van der Waals surface area contributed by atoms with Crippen LogP contribution < -0.4 is 16.0 Å². The van der Waals surface area contributed by atoms with E-state index in [-0.39, 0.29) is 35.6 Å². The summed E-state index contributed by atoms with van der Waals surface area (Å²) in [5.41, 5.74) is 2.04. The molecule has 2 aromatic carbocycles. The third-order valence-corrected chi connectivity index (χ3v) is 5.58. The van der Waals surface area contributed by atoms with Gasteiger partial charge in [0.1, 0.15) is 5.82 Å². The molecule has 1 atom stereocenters. The number of nitrogens with one attached hydrogen (secondary N) is 3. The van der Waals surface area contributed by atoms with Crippen molar-refractivity contribution in [1.29, 1.82) is 0 Å². The number of hydrogen-bond donors (Lipinski definition) is 3. The molecule has 31 heavy (non-hydrogen) atoms. The van der Waals surface area contributed by atoms with Crippen LogP contribution in [0.4, 0.5) is 15.8 Å². The number of rotatable bonds is 7. The first-order valence-electron chi connectivity index (χ1n) is 9.96. The highest BCUT2D eigenvalue weighted by Gasteiger charge is 2.26. The van der Waals surface area contributed by atoms with Crippen LogP contribution in [0.5, 0.6) is 0 Å². The Balaban J connectivity index is 1.55. The molecule has 3 N–H and O–H groups in total. The Bertz CT molecular complexity index is 1010. The fourth-order valence-corrected chi connectivity index (χ4v) is 3.84. The van der Waals surface area contributed by atoms with Crippen molar-refractivity contribution >= 4 is 34.5 Å². The molecule has 0 aliphatic heterocycles. The number of benzene rings is 2. The summed E-state index contributed by atoms with van der Waals surface area (Å²) in [6, 6.07) is 16.8. The van der Waals surface area contributed by atoms with E-state index < -0.39 is 0 Å². The summed E-state index contributed by atoms with van der Waals surface area (Å²) in [4.78, 5) is 25.2. The largest absolute Gasteiger partial charge is 0.325 e. The molecule has 0 fully saturated rings. The molecule has 0 bridgehead atoms. The number of thiophene rings is 1. The molecule has 3 aromatic rings. The first kappa shape index (κ1) is 22.7. The smallest absolute Gasteiger partial charge is 0.265 e. The lowest BCUT2D eigenvalue weighted by atomic mass is 9.82. The summed E-state index contributed by atoms with van der Waals surface area (Å²) in [7, 11) is 0. The molecule has 0 aliphatic carbocycles. The van der Waals surface area contributed by atoms with E-state index in [0.717, 1.165) is 5.56 Å². The van der Waals surface area contributed by atoms with E-state index >= 15 is 0 Å². The fourth-order valence-electron chi connectivity index (χ4n) is 3.22. The molecule has 5 nitrogen and oxygen atoms in total. The van der Waals surface area contributed by atoms with Gasteiger partial charge in [-0.1, -0.05) is 39.0 Å². The Hall–Kier alpha value is -3.03. The average Bonchev–Trinajstić information content (AvgIpc) is 3.25. The van der Waals surface area contributed by atoms with Crippen LogP contribution in [0.25, 0.3) is 0 Å². The summed E-state index contributed by atoms with van der Waals surface area (Å²) < 4.78 is 13.3. The van der Waals surface area contributed by atoms with Gasteiger partial charge in [0.2, 0.25) is 5.91 Å². The average molecular weight is 440 g/mol. The Morgan fingerprint density at radius 2 is 1.55 bits per heavy atom. The Morgan fingerprint density at radius 3 is 2.10 bits per heavy atom. The lowest BCUT2D eigenvalue weighted by molar-refractivity contribution is -0.115. The van der Waals surface area contributed by atoms with Crippen molar-refractivity contribution in [2.45, 2.75) is 26.8 Å². The van der Waals surface area contributed by atoms with Crippen molar-refractivity contribution in [3.05, 3.63) is 82.3 Å². The Kier molecular flexibility index (Phi) is 7.20. The topological polar surface area (TPSA) is 70.2 Å². The molecule has 0 aliphatic rings. The van der Waals surface area contributed by atoms with E-state index in [0.29, 0.717) is 16.3 Å². The summed E-state index contributed by atoms with van der Waals surface area (Å²) >= 11 is 1.38. The molecular formula is C24H26FN3O2S. The molecule has 1 heterocycles. The molecule has 0 saturated carbocycles. The highest BCUT2D eigenvalue weighted by Crippen LogP contribution is 2.32. The zero-order valence-corrected chi connectivity index (χ0v) is 18.6. The molecular weight excluding hydrogens is 413 g/mol. The highest BCUT2D eigenvalue weighted by molar-refractivity contribution is 7.12. The van der Waals surface area contributed by atoms with E-state index in [4.69, 9.17) is 0 Å². The van der Waals surface area contributed by atoms with Crippen molar-refractivity contribution in [3.8, 4) is 0 Å². The van der Waals surface area contributed by atoms with Gasteiger partial charge in [0.15, 0.2) is 0 Å². The second-order valence-electron chi connectivity index (χ2n) is 8.29. The Morgan fingerprint density at radius 1 is 0.935 bits per heavy atom. The summed E-state index contributed by atoms with van der Waals surface area (Å²) in [6.07, 6.45) is 0. The van der Waals surface area contributed by atoms with Gasteiger partial charge in [-0.15, -0.1) is 11.3 Å². The van der Waals surface area contributed by atoms with Crippen LogP contribution in [0.1, 0.15) is 42.0 Å². The van der Waals surface area contributed by atoms with Gasteiger partial charge in [-0.25, -0.2) is 4.39 Å². The Labute approximate surface area is 185 Å². The number of carbonyl (C=O) groups is 2. The fraction of sp³-hybridized carbons (Fsp3) is 0.250. The lowest BCUT2D eigenvalue weighted by Gasteiger charge is -2.32. The first-order valence-corrected chi connectivity index (χ1v) is 10.8. The van der Waals surface area contributed by atoms with E-state index in [1.165, 1.54) is 23.5 Å². The van der Waals surface area contributed by atoms with E-state index in [9.17, 15) is 14.0 Å². The first-order chi connectivity index (χ1) is 14.7. The van der Waals surface area contributed by atoms with Crippen LogP contribution in [0.15, 0.2) is 66.0 Å². The van der Waals surface area contributed by atoms with Crippen LogP contribution >= 0.6 is 11.3 Å². The predicted molar refractivity (Wildman–Crippen MR) is 124 cm³/mol. The number of anilines is 2. The highest BCUT2D eigenvalue weighted by atomic mass is 32.1. The molecule has 1 unspecified atom stereocenters. The number of halogens is 1. The zero-order valence-electron chi connectivity index (χ0n) is 17.7.